The Labute approximate surface area is 199 Å². The van der Waals surface area contributed by atoms with Crippen LogP contribution in [0.4, 0.5) is 10.5 Å². The van der Waals surface area contributed by atoms with Crippen LogP contribution in [0.15, 0.2) is 59.4 Å². The molecule has 1 heterocycles. The summed E-state index contributed by atoms with van der Waals surface area (Å²) in [6.45, 7) is 4.55. The van der Waals surface area contributed by atoms with Gasteiger partial charge in [-0.1, -0.05) is 54.6 Å². The zero-order valence-corrected chi connectivity index (χ0v) is 19.8. The van der Waals surface area contributed by atoms with Crippen molar-refractivity contribution in [1.29, 1.82) is 0 Å². The monoisotopic (exact) mass is 458 g/mol. The summed E-state index contributed by atoms with van der Waals surface area (Å²) in [5.41, 5.74) is 1.68. The van der Waals surface area contributed by atoms with E-state index in [0.717, 1.165) is 29.1 Å². The molecule has 4 rings (SSSR count). The van der Waals surface area contributed by atoms with Crippen molar-refractivity contribution < 1.29 is 9.53 Å². The molecule has 1 atom stereocenters. The Morgan fingerprint density at radius 2 is 1.82 bits per heavy atom. The van der Waals surface area contributed by atoms with E-state index in [4.69, 9.17) is 9.72 Å². The van der Waals surface area contributed by atoms with Crippen LogP contribution in [0.1, 0.15) is 44.0 Å². The fourth-order valence-electron chi connectivity index (χ4n) is 4.14. The molecule has 3 aromatic rings. The van der Waals surface area contributed by atoms with Crippen molar-refractivity contribution in [3.63, 3.8) is 0 Å². The van der Waals surface area contributed by atoms with Crippen molar-refractivity contribution in [2.75, 3.05) is 11.9 Å². The van der Waals surface area contributed by atoms with Crippen LogP contribution in [0, 0.1) is 0 Å². The SMILES string of the molecule is CCOc1ccccc1NC(=O)N(Cc1ccccc1)C(C)c1nc2c(n(C)c1=O)=CCCC=2. The third-order valence-electron chi connectivity index (χ3n) is 5.98. The molecule has 0 bridgehead atoms. The van der Waals surface area contributed by atoms with Gasteiger partial charge in [0.05, 0.1) is 29.0 Å². The van der Waals surface area contributed by atoms with Crippen molar-refractivity contribution in [1.82, 2.24) is 14.5 Å². The molecule has 1 N–H and O–H groups in total. The molecular formula is C27H30N4O3. The number of rotatable bonds is 7. The van der Waals surface area contributed by atoms with Crippen molar-refractivity contribution in [3.8, 4) is 5.75 Å². The van der Waals surface area contributed by atoms with Crippen LogP contribution in [0.5, 0.6) is 5.75 Å². The summed E-state index contributed by atoms with van der Waals surface area (Å²) < 4.78 is 7.30. The highest BCUT2D eigenvalue weighted by molar-refractivity contribution is 5.91. The molecular weight excluding hydrogens is 428 g/mol. The quantitative estimate of drug-likeness (QED) is 0.589. The number of anilines is 1. The third-order valence-corrected chi connectivity index (χ3v) is 5.98. The van der Waals surface area contributed by atoms with Crippen molar-refractivity contribution in [2.24, 2.45) is 7.05 Å². The molecule has 1 aromatic heterocycles. The summed E-state index contributed by atoms with van der Waals surface area (Å²) in [6.07, 6.45) is 5.86. The molecule has 0 saturated carbocycles. The van der Waals surface area contributed by atoms with Gasteiger partial charge in [-0.05, 0) is 44.4 Å². The summed E-state index contributed by atoms with van der Waals surface area (Å²) in [5.74, 6) is 0.596. The van der Waals surface area contributed by atoms with E-state index in [9.17, 15) is 9.59 Å². The lowest BCUT2D eigenvalue weighted by Gasteiger charge is -2.29. The molecule has 0 spiro atoms. The van der Waals surface area contributed by atoms with Crippen LogP contribution < -0.4 is 26.3 Å². The molecule has 0 saturated heterocycles. The number of carbonyl (C=O) groups is 1. The van der Waals surface area contributed by atoms with Crippen LogP contribution in [0.25, 0.3) is 12.2 Å². The smallest absolute Gasteiger partial charge is 0.322 e. The summed E-state index contributed by atoms with van der Waals surface area (Å²) in [5, 5.41) is 4.59. The first kappa shape index (κ1) is 23.3. The van der Waals surface area contributed by atoms with Gasteiger partial charge in [-0.2, -0.15) is 0 Å². The van der Waals surface area contributed by atoms with E-state index in [2.05, 4.69) is 5.32 Å². The Balaban J connectivity index is 1.73. The highest BCUT2D eigenvalue weighted by Gasteiger charge is 2.27. The van der Waals surface area contributed by atoms with Gasteiger partial charge in [-0.15, -0.1) is 0 Å². The van der Waals surface area contributed by atoms with Crippen molar-refractivity contribution in [3.05, 3.63) is 86.9 Å². The van der Waals surface area contributed by atoms with Gasteiger partial charge < -0.3 is 19.5 Å². The molecule has 2 aromatic carbocycles. The second kappa shape index (κ2) is 10.4. The van der Waals surface area contributed by atoms with E-state index in [1.54, 1.807) is 22.6 Å². The first-order valence-electron chi connectivity index (χ1n) is 11.6. The molecule has 1 aliphatic carbocycles. The highest BCUT2D eigenvalue weighted by atomic mass is 16.5. The van der Waals surface area contributed by atoms with E-state index >= 15 is 0 Å². The topological polar surface area (TPSA) is 76.5 Å². The fourth-order valence-corrected chi connectivity index (χ4v) is 4.14. The van der Waals surface area contributed by atoms with Gasteiger partial charge in [-0.25, -0.2) is 9.78 Å². The minimum atomic E-state index is -0.557. The number of benzene rings is 2. The first-order chi connectivity index (χ1) is 16.5. The molecule has 0 fully saturated rings. The molecule has 1 aliphatic rings. The van der Waals surface area contributed by atoms with Crippen LogP contribution in [-0.2, 0) is 13.6 Å². The Hall–Kier alpha value is -3.87. The zero-order valence-electron chi connectivity index (χ0n) is 19.8. The van der Waals surface area contributed by atoms with E-state index in [1.165, 1.54) is 0 Å². The van der Waals surface area contributed by atoms with E-state index in [0.29, 0.717) is 30.3 Å². The number of nitrogens with one attached hydrogen (secondary N) is 1. The van der Waals surface area contributed by atoms with Crippen molar-refractivity contribution in [2.45, 2.75) is 39.3 Å². The maximum atomic E-state index is 13.6. The molecule has 2 amide bonds. The van der Waals surface area contributed by atoms with Crippen LogP contribution >= 0.6 is 0 Å². The number of para-hydroxylation sites is 2. The van der Waals surface area contributed by atoms with Gasteiger partial charge in [0.25, 0.3) is 5.56 Å². The fraction of sp³-hybridized carbons (Fsp3) is 0.296. The van der Waals surface area contributed by atoms with E-state index in [1.807, 2.05) is 74.5 Å². The number of carbonyl (C=O) groups excluding carboxylic acids is 1. The van der Waals surface area contributed by atoms with E-state index < -0.39 is 6.04 Å². The first-order valence-corrected chi connectivity index (χ1v) is 11.6. The normalized spacial score (nSPS) is 13.1. The molecule has 0 radical (unpaired) electrons. The van der Waals surface area contributed by atoms with Gasteiger partial charge in [0, 0.05) is 13.6 Å². The Kier molecular flexibility index (Phi) is 7.11. The largest absolute Gasteiger partial charge is 0.492 e. The second-order valence-corrected chi connectivity index (χ2v) is 8.27. The Morgan fingerprint density at radius 1 is 1.12 bits per heavy atom. The number of hydrogen-bond acceptors (Lipinski definition) is 4. The third kappa shape index (κ3) is 4.88. The van der Waals surface area contributed by atoms with Crippen LogP contribution in [0.2, 0.25) is 0 Å². The lowest BCUT2D eigenvalue weighted by atomic mass is 10.1. The average molecular weight is 459 g/mol. The number of nitrogens with zero attached hydrogens (tertiary/aromatic N) is 3. The highest BCUT2D eigenvalue weighted by Crippen LogP contribution is 2.26. The average Bonchev–Trinajstić information content (AvgIpc) is 2.86. The second-order valence-electron chi connectivity index (χ2n) is 8.27. The minimum absolute atomic E-state index is 0.196. The van der Waals surface area contributed by atoms with Gasteiger partial charge in [0.1, 0.15) is 11.4 Å². The number of amides is 2. The lowest BCUT2D eigenvalue weighted by molar-refractivity contribution is 0.187. The number of ether oxygens (including phenoxy) is 1. The number of aromatic nitrogens is 2. The Bertz CT molecular complexity index is 1350. The lowest BCUT2D eigenvalue weighted by Crippen LogP contribution is -2.49. The summed E-state index contributed by atoms with van der Waals surface area (Å²) in [6, 6.07) is 16.2. The maximum Gasteiger partial charge on any atom is 0.322 e. The summed E-state index contributed by atoms with van der Waals surface area (Å²) >= 11 is 0. The predicted molar refractivity (Wildman–Crippen MR) is 134 cm³/mol. The molecule has 34 heavy (non-hydrogen) atoms. The zero-order chi connectivity index (χ0) is 24.1. The summed E-state index contributed by atoms with van der Waals surface area (Å²) in [4.78, 5) is 33.2. The van der Waals surface area contributed by atoms with E-state index in [-0.39, 0.29) is 11.6 Å². The number of fused-ring (bicyclic) bond motifs is 1. The standard InChI is InChI=1S/C27H30N4O3/c1-4-34-24-17-11-9-15-22(24)29-27(33)31(18-20-12-6-5-7-13-20)19(2)25-26(32)30(3)23-16-10-8-14-21(23)28-25/h5-7,9,11-17,19H,4,8,10,18H2,1-3H3,(H,29,33). The van der Waals surface area contributed by atoms with Gasteiger partial charge in [-0.3, -0.25) is 4.79 Å². The molecule has 7 heteroatoms. The van der Waals surface area contributed by atoms with Gasteiger partial charge in [0.15, 0.2) is 0 Å². The molecule has 0 aliphatic heterocycles. The van der Waals surface area contributed by atoms with Crippen molar-refractivity contribution >= 4 is 23.9 Å². The maximum absolute atomic E-state index is 13.6. The van der Waals surface area contributed by atoms with Crippen LogP contribution in [-0.4, -0.2) is 27.1 Å². The minimum Gasteiger partial charge on any atom is -0.492 e. The predicted octanol–water partition coefficient (Wildman–Crippen LogP) is 3.33. The Morgan fingerprint density at radius 3 is 2.59 bits per heavy atom. The van der Waals surface area contributed by atoms with Gasteiger partial charge in [0.2, 0.25) is 0 Å². The summed E-state index contributed by atoms with van der Waals surface area (Å²) in [7, 11) is 1.76. The number of urea groups is 1. The molecule has 7 nitrogen and oxygen atoms in total. The molecule has 176 valence electrons. The van der Waals surface area contributed by atoms with Gasteiger partial charge >= 0.3 is 6.03 Å². The number of hydrogen-bond donors (Lipinski definition) is 1. The van der Waals surface area contributed by atoms with Crippen LogP contribution in [0.3, 0.4) is 0 Å². The molecule has 1 unspecified atom stereocenters.